The minimum Gasteiger partial charge on any atom is -0.484 e. The van der Waals surface area contributed by atoms with Crippen molar-refractivity contribution < 1.29 is 13.9 Å². The molecule has 0 unspecified atom stereocenters. The van der Waals surface area contributed by atoms with Gasteiger partial charge in [0, 0.05) is 5.92 Å². The molecule has 1 aromatic heterocycles. The summed E-state index contributed by atoms with van der Waals surface area (Å²) in [7, 11) is 0. The Bertz CT molecular complexity index is 1490. The highest BCUT2D eigenvalue weighted by molar-refractivity contribution is 5.92. The van der Waals surface area contributed by atoms with Crippen molar-refractivity contribution in [1.82, 2.24) is 9.66 Å². The second-order valence-electron chi connectivity index (χ2n) is 9.07. The van der Waals surface area contributed by atoms with Gasteiger partial charge in [-0.2, -0.15) is 9.78 Å². The normalized spacial score (nSPS) is 14.2. The Labute approximate surface area is 213 Å². The van der Waals surface area contributed by atoms with E-state index >= 15 is 0 Å². The summed E-state index contributed by atoms with van der Waals surface area (Å²) in [6.07, 6.45) is 7.07. The van der Waals surface area contributed by atoms with Crippen LogP contribution in [0.15, 0.2) is 82.7 Å². The van der Waals surface area contributed by atoms with E-state index in [4.69, 9.17) is 9.72 Å². The van der Waals surface area contributed by atoms with Crippen molar-refractivity contribution in [2.75, 3.05) is 11.9 Å². The number of hydrogen-bond donors (Lipinski definition) is 1. The number of ether oxygens (including phenoxy) is 1. The Morgan fingerprint density at radius 2 is 1.76 bits per heavy atom. The van der Waals surface area contributed by atoms with Crippen LogP contribution < -0.4 is 15.6 Å². The van der Waals surface area contributed by atoms with Crippen LogP contribution in [0.5, 0.6) is 5.75 Å². The summed E-state index contributed by atoms with van der Waals surface area (Å²) in [4.78, 5) is 30.2. The Balaban J connectivity index is 1.30. The predicted molar refractivity (Wildman–Crippen MR) is 142 cm³/mol. The van der Waals surface area contributed by atoms with Gasteiger partial charge in [-0.3, -0.25) is 9.59 Å². The number of aromatic nitrogens is 2. The van der Waals surface area contributed by atoms with Crippen LogP contribution in [-0.2, 0) is 4.79 Å². The molecule has 8 heteroatoms. The second-order valence-corrected chi connectivity index (χ2v) is 9.07. The molecule has 5 rings (SSSR count). The van der Waals surface area contributed by atoms with Crippen LogP contribution >= 0.6 is 0 Å². The monoisotopic (exact) mass is 498 g/mol. The Hall–Kier alpha value is -4.33. The largest absolute Gasteiger partial charge is 0.484 e. The Morgan fingerprint density at radius 1 is 1.03 bits per heavy atom. The Morgan fingerprint density at radius 3 is 2.54 bits per heavy atom. The molecule has 0 spiro atoms. The van der Waals surface area contributed by atoms with Crippen molar-refractivity contribution >= 4 is 28.7 Å². The first kappa shape index (κ1) is 24.4. The van der Waals surface area contributed by atoms with Gasteiger partial charge >= 0.3 is 0 Å². The van der Waals surface area contributed by atoms with Crippen LogP contribution in [0.1, 0.15) is 49.4 Å². The van der Waals surface area contributed by atoms with Crippen molar-refractivity contribution in [2.45, 2.75) is 38.0 Å². The van der Waals surface area contributed by atoms with Gasteiger partial charge in [0.25, 0.3) is 11.5 Å². The molecule has 1 N–H and O–H groups in total. The number of nitrogens with zero attached hydrogens (tertiary/aromatic N) is 3. The molecule has 188 valence electrons. The molecule has 7 nitrogen and oxygen atoms in total. The number of rotatable bonds is 7. The maximum absolute atomic E-state index is 13.7. The number of hydrogen-bond acceptors (Lipinski definition) is 5. The van der Waals surface area contributed by atoms with E-state index in [-0.39, 0.29) is 23.8 Å². The molecule has 0 bridgehead atoms. The summed E-state index contributed by atoms with van der Waals surface area (Å²) in [5.74, 6) is 0.421. The van der Waals surface area contributed by atoms with Crippen LogP contribution in [0.4, 0.5) is 10.1 Å². The summed E-state index contributed by atoms with van der Waals surface area (Å²) in [5.41, 5.74) is 1.38. The van der Waals surface area contributed by atoms with Crippen LogP contribution in [0, 0.1) is 5.82 Å². The maximum Gasteiger partial charge on any atom is 0.282 e. The van der Waals surface area contributed by atoms with E-state index in [0.29, 0.717) is 22.5 Å². The maximum atomic E-state index is 13.7. The molecule has 0 atom stereocenters. The van der Waals surface area contributed by atoms with Crippen molar-refractivity contribution in [1.29, 1.82) is 0 Å². The highest BCUT2D eigenvalue weighted by Gasteiger charge is 2.22. The number of halogens is 1. The fourth-order valence-electron chi connectivity index (χ4n) is 4.55. The van der Waals surface area contributed by atoms with Crippen LogP contribution in [0.3, 0.4) is 0 Å². The topological polar surface area (TPSA) is 85.6 Å². The van der Waals surface area contributed by atoms with E-state index < -0.39 is 11.7 Å². The number of nitrogens with one attached hydrogen (secondary N) is 1. The molecule has 0 saturated heterocycles. The standard InChI is InChI=1S/C29H27FN4O3/c30-24-11-5-7-13-26(24)32-27(35)19-37-22-16-14-20(15-17-22)18-31-34-28(21-8-2-1-3-9-21)33-25-12-6-4-10-23(25)29(34)36/h4-7,10-18,21H,1-3,8-9,19H2,(H,32,35). The van der Waals surface area contributed by atoms with Gasteiger partial charge < -0.3 is 10.1 Å². The van der Waals surface area contributed by atoms with Gasteiger partial charge in [-0.05, 0) is 66.9 Å². The number of fused-ring (bicyclic) bond motifs is 1. The van der Waals surface area contributed by atoms with E-state index in [0.717, 1.165) is 31.2 Å². The van der Waals surface area contributed by atoms with E-state index in [1.165, 1.54) is 23.2 Å². The quantitative estimate of drug-likeness (QED) is 0.342. The molecule has 1 aliphatic rings. The third-order valence-electron chi connectivity index (χ3n) is 6.47. The van der Waals surface area contributed by atoms with Gasteiger partial charge in [0.05, 0.1) is 22.8 Å². The minimum atomic E-state index is -0.508. The molecule has 1 heterocycles. The van der Waals surface area contributed by atoms with E-state index in [1.807, 2.05) is 18.2 Å². The molecule has 37 heavy (non-hydrogen) atoms. The average Bonchev–Trinajstić information content (AvgIpc) is 2.94. The molecule has 0 aliphatic heterocycles. The number of carbonyl (C=O) groups excluding carboxylic acids is 1. The minimum absolute atomic E-state index is 0.105. The molecule has 1 saturated carbocycles. The number of amides is 1. The SMILES string of the molecule is O=C(COc1ccc(C=Nn2c(C3CCCCC3)nc3ccccc3c2=O)cc1)Nc1ccccc1F. The summed E-state index contributed by atoms with van der Waals surface area (Å²) < 4.78 is 20.7. The molecule has 1 aliphatic carbocycles. The number of para-hydroxylation sites is 2. The van der Waals surface area contributed by atoms with Crippen molar-refractivity contribution in [3.05, 3.63) is 100 Å². The van der Waals surface area contributed by atoms with Crippen LogP contribution in [0.25, 0.3) is 10.9 Å². The van der Waals surface area contributed by atoms with Crippen molar-refractivity contribution in [2.24, 2.45) is 5.10 Å². The van der Waals surface area contributed by atoms with Gasteiger partial charge in [-0.25, -0.2) is 9.37 Å². The molecule has 4 aromatic rings. The van der Waals surface area contributed by atoms with E-state index in [2.05, 4.69) is 10.4 Å². The van der Waals surface area contributed by atoms with Gasteiger partial charge in [0.2, 0.25) is 0 Å². The fourth-order valence-corrected chi connectivity index (χ4v) is 4.55. The van der Waals surface area contributed by atoms with Gasteiger partial charge in [-0.1, -0.05) is 43.5 Å². The zero-order valence-corrected chi connectivity index (χ0v) is 20.3. The first-order chi connectivity index (χ1) is 18.1. The summed E-state index contributed by atoms with van der Waals surface area (Å²) in [5, 5.41) is 7.56. The second kappa shape index (κ2) is 11.2. The predicted octanol–water partition coefficient (Wildman–Crippen LogP) is 5.48. The third kappa shape index (κ3) is 5.74. The van der Waals surface area contributed by atoms with Crippen LogP contribution in [0.2, 0.25) is 0 Å². The smallest absolute Gasteiger partial charge is 0.282 e. The van der Waals surface area contributed by atoms with Gasteiger partial charge in [0.15, 0.2) is 6.61 Å². The lowest BCUT2D eigenvalue weighted by Gasteiger charge is -2.22. The lowest BCUT2D eigenvalue weighted by atomic mass is 9.88. The van der Waals surface area contributed by atoms with E-state index in [1.54, 1.807) is 48.7 Å². The molecular weight excluding hydrogens is 471 g/mol. The first-order valence-electron chi connectivity index (χ1n) is 12.4. The van der Waals surface area contributed by atoms with Gasteiger partial charge in [0.1, 0.15) is 17.4 Å². The molecule has 0 radical (unpaired) electrons. The third-order valence-corrected chi connectivity index (χ3v) is 6.47. The highest BCUT2D eigenvalue weighted by atomic mass is 19.1. The highest BCUT2D eigenvalue weighted by Crippen LogP contribution is 2.31. The Kier molecular flexibility index (Phi) is 7.35. The summed E-state index contributed by atoms with van der Waals surface area (Å²) >= 11 is 0. The van der Waals surface area contributed by atoms with Crippen molar-refractivity contribution in [3.63, 3.8) is 0 Å². The van der Waals surface area contributed by atoms with Gasteiger partial charge in [-0.15, -0.1) is 0 Å². The molecule has 1 fully saturated rings. The van der Waals surface area contributed by atoms with Crippen molar-refractivity contribution in [3.8, 4) is 5.75 Å². The molecular formula is C29H27FN4O3. The van der Waals surface area contributed by atoms with Crippen LogP contribution in [-0.4, -0.2) is 28.4 Å². The first-order valence-corrected chi connectivity index (χ1v) is 12.4. The lowest BCUT2D eigenvalue weighted by Crippen LogP contribution is -2.25. The fraction of sp³-hybridized carbons (Fsp3) is 0.241. The zero-order chi connectivity index (χ0) is 25.6. The number of anilines is 1. The summed E-state index contributed by atoms with van der Waals surface area (Å²) in [6, 6.07) is 20.3. The number of carbonyl (C=O) groups is 1. The van der Waals surface area contributed by atoms with E-state index in [9.17, 15) is 14.0 Å². The molecule has 1 amide bonds. The number of benzene rings is 3. The zero-order valence-electron chi connectivity index (χ0n) is 20.3. The lowest BCUT2D eigenvalue weighted by molar-refractivity contribution is -0.118. The average molecular weight is 499 g/mol. The summed E-state index contributed by atoms with van der Waals surface area (Å²) in [6.45, 7) is -0.259. The molecule has 3 aromatic carbocycles.